The number of halogens is 1. The number of hydrogen-bond donors (Lipinski definition) is 0. The summed E-state index contributed by atoms with van der Waals surface area (Å²) in [6.45, 7) is 6.32. The summed E-state index contributed by atoms with van der Waals surface area (Å²) >= 11 is 7.42. The van der Waals surface area contributed by atoms with Gasteiger partial charge >= 0.3 is 0 Å². The Bertz CT molecular complexity index is 934. The first-order chi connectivity index (χ1) is 11.9. The second kappa shape index (κ2) is 7.14. The molecule has 0 amide bonds. The van der Waals surface area contributed by atoms with E-state index in [1.54, 1.807) is 6.07 Å². The van der Waals surface area contributed by atoms with Crippen molar-refractivity contribution in [1.82, 2.24) is 14.6 Å². The maximum Gasteiger partial charge on any atom is 0.275 e. The van der Waals surface area contributed by atoms with Crippen LogP contribution in [-0.2, 0) is 6.42 Å². The molecule has 2 aromatic heterocycles. The Labute approximate surface area is 155 Å². The number of anilines is 1. The molecule has 0 radical (unpaired) electrons. The molecule has 0 bridgehead atoms. The highest BCUT2D eigenvalue weighted by Crippen LogP contribution is 2.29. The summed E-state index contributed by atoms with van der Waals surface area (Å²) in [5.74, 6) is 0.283. The van der Waals surface area contributed by atoms with Gasteiger partial charge < -0.3 is 4.90 Å². The fourth-order valence-electron chi connectivity index (χ4n) is 2.72. The van der Waals surface area contributed by atoms with Crippen LogP contribution in [0.2, 0.25) is 5.02 Å². The third-order valence-corrected chi connectivity index (χ3v) is 5.93. The molecule has 1 aromatic carbocycles. The average Bonchev–Trinajstić information content (AvgIpc) is 3.05. The average molecular weight is 377 g/mol. The third kappa shape index (κ3) is 3.55. The Hall–Kier alpha value is -1.92. The number of benzene rings is 1. The van der Waals surface area contributed by atoms with Crippen LogP contribution >= 0.6 is 22.9 Å². The van der Waals surface area contributed by atoms with E-state index in [2.05, 4.69) is 41.0 Å². The van der Waals surface area contributed by atoms with E-state index in [1.165, 1.54) is 21.4 Å². The summed E-state index contributed by atoms with van der Waals surface area (Å²) in [6, 6.07) is 9.67. The van der Waals surface area contributed by atoms with Crippen molar-refractivity contribution in [1.29, 1.82) is 0 Å². The predicted octanol–water partition coefficient (Wildman–Crippen LogP) is 4.00. The van der Waals surface area contributed by atoms with Crippen molar-refractivity contribution >= 4 is 33.0 Å². The summed E-state index contributed by atoms with van der Waals surface area (Å²) in [6.07, 6.45) is 0.735. The number of likely N-dealkylation sites (N-methyl/N-ethyl adjacent to an activating group) is 1. The van der Waals surface area contributed by atoms with Crippen LogP contribution in [0.25, 0.3) is 4.96 Å². The molecule has 5 nitrogen and oxygen atoms in total. The smallest absolute Gasteiger partial charge is 0.275 e. The molecule has 0 aliphatic heterocycles. The van der Waals surface area contributed by atoms with Gasteiger partial charge in [0.2, 0.25) is 10.1 Å². The molecule has 0 aliphatic carbocycles. The Kier molecular flexibility index (Phi) is 5.11. The first-order valence-electron chi connectivity index (χ1n) is 8.28. The van der Waals surface area contributed by atoms with Crippen molar-refractivity contribution in [3.8, 4) is 0 Å². The summed E-state index contributed by atoms with van der Waals surface area (Å²) in [4.78, 5) is 19.4. The quantitative estimate of drug-likeness (QED) is 0.675. The van der Waals surface area contributed by atoms with Crippen LogP contribution in [0.15, 0.2) is 35.1 Å². The first kappa shape index (κ1) is 17.9. The fourth-order valence-corrected chi connectivity index (χ4v) is 3.83. The van der Waals surface area contributed by atoms with Crippen molar-refractivity contribution < 1.29 is 0 Å². The predicted molar refractivity (Wildman–Crippen MR) is 104 cm³/mol. The second-order valence-electron chi connectivity index (χ2n) is 6.21. The molecule has 2 atom stereocenters. The molecule has 132 valence electrons. The maximum absolute atomic E-state index is 12.2. The zero-order valence-electron chi connectivity index (χ0n) is 14.7. The van der Waals surface area contributed by atoms with E-state index >= 15 is 0 Å². The lowest BCUT2D eigenvalue weighted by atomic mass is 9.94. The van der Waals surface area contributed by atoms with Gasteiger partial charge in [-0.15, -0.1) is 5.10 Å². The van der Waals surface area contributed by atoms with Crippen molar-refractivity contribution in [2.75, 3.05) is 11.9 Å². The molecule has 7 heteroatoms. The first-order valence-corrected chi connectivity index (χ1v) is 9.48. The largest absolute Gasteiger partial charge is 0.346 e. The molecule has 0 aliphatic rings. The molecule has 3 aromatic rings. The van der Waals surface area contributed by atoms with E-state index in [0.717, 1.165) is 22.3 Å². The van der Waals surface area contributed by atoms with Crippen LogP contribution in [-0.4, -0.2) is 27.7 Å². The molecular formula is C18H21ClN4OS. The minimum absolute atomic E-state index is 0.129. The van der Waals surface area contributed by atoms with Crippen molar-refractivity contribution in [3.63, 3.8) is 0 Å². The van der Waals surface area contributed by atoms with Gasteiger partial charge in [-0.1, -0.05) is 48.9 Å². The Morgan fingerprint density at radius 3 is 2.60 bits per heavy atom. The van der Waals surface area contributed by atoms with Gasteiger partial charge in [0.25, 0.3) is 5.56 Å². The van der Waals surface area contributed by atoms with Crippen LogP contribution in [0.1, 0.15) is 37.9 Å². The third-order valence-electron chi connectivity index (χ3n) is 4.68. The van der Waals surface area contributed by atoms with Gasteiger partial charge in [0, 0.05) is 35.8 Å². The van der Waals surface area contributed by atoms with Gasteiger partial charge in [-0.25, -0.2) is 4.98 Å². The summed E-state index contributed by atoms with van der Waals surface area (Å²) in [7, 11) is 2.00. The molecule has 0 saturated carbocycles. The van der Waals surface area contributed by atoms with E-state index in [9.17, 15) is 4.79 Å². The van der Waals surface area contributed by atoms with Crippen molar-refractivity contribution in [2.45, 2.75) is 39.2 Å². The number of hydrogen-bond acceptors (Lipinski definition) is 5. The van der Waals surface area contributed by atoms with E-state index in [-0.39, 0.29) is 17.5 Å². The van der Waals surface area contributed by atoms with Crippen molar-refractivity contribution in [3.05, 3.63) is 57.0 Å². The second-order valence-corrected chi connectivity index (χ2v) is 7.58. The molecule has 25 heavy (non-hydrogen) atoms. The monoisotopic (exact) mass is 376 g/mol. The SMILES string of the molecule is CCc1cc(=O)n2nc(N(C)C(C)C(C)c3ccc(Cl)cc3)sc2n1. The van der Waals surface area contributed by atoms with E-state index < -0.39 is 0 Å². The molecule has 2 heterocycles. The fraction of sp³-hybridized carbons (Fsp3) is 0.389. The van der Waals surface area contributed by atoms with Crippen LogP contribution < -0.4 is 10.5 Å². The highest BCUT2D eigenvalue weighted by Gasteiger charge is 2.22. The van der Waals surface area contributed by atoms with Gasteiger partial charge in [-0.2, -0.15) is 4.52 Å². The van der Waals surface area contributed by atoms with Gasteiger partial charge in [-0.3, -0.25) is 4.79 Å². The van der Waals surface area contributed by atoms with Gasteiger partial charge in [0.1, 0.15) is 0 Å². The molecular weight excluding hydrogens is 356 g/mol. The lowest BCUT2D eigenvalue weighted by Crippen LogP contribution is -2.33. The maximum atomic E-state index is 12.2. The minimum Gasteiger partial charge on any atom is -0.346 e. The van der Waals surface area contributed by atoms with Crippen molar-refractivity contribution in [2.24, 2.45) is 0 Å². The summed E-state index contributed by atoms with van der Waals surface area (Å²) in [5.41, 5.74) is 1.88. The normalized spacial score (nSPS) is 13.8. The Balaban J connectivity index is 1.90. The van der Waals surface area contributed by atoms with E-state index in [0.29, 0.717) is 4.96 Å². The summed E-state index contributed by atoms with van der Waals surface area (Å²) < 4.78 is 1.38. The molecule has 0 saturated heterocycles. The number of rotatable bonds is 5. The topological polar surface area (TPSA) is 50.5 Å². The van der Waals surface area contributed by atoms with Crippen LogP contribution in [0.3, 0.4) is 0 Å². The van der Waals surface area contributed by atoms with Gasteiger partial charge in [0.15, 0.2) is 0 Å². The van der Waals surface area contributed by atoms with Crippen LogP contribution in [0.4, 0.5) is 5.13 Å². The van der Waals surface area contributed by atoms with Crippen LogP contribution in [0.5, 0.6) is 0 Å². The van der Waals surface area contributed by atoms with Gasteiger partial charge in [0.05, 0.1) is 0 Å². The van der Waals surface area contributed by atoms with Gasteiger partial charge in [-0.05, 0) is 31.0 Å². The highest BCUT2D eigenvalue weighted by molar-refractivity contribution is 7.20. The van der Waals surface area contributed by atoms with E-state index in [1.807, 2.05) is 26.1 Å². The zero-order chi connectivity index (χ0) is 18.1. The number of nitrogens with zero attached hydrogens (tertiary/aromatic N) is 4. The van der Waals surface area contributed by atoms with E-state index in [4.69, 9.17) is 11.6 Å². The number of fused-ring (bicyclic) bond motifs is 1. The molecule has 2 unspecified atom stereocenters. The Morgan fingerprint density at radius 1 is 1.28 bits per heavy atom. The molecule has 3 rings (SSSR count). The summed E-state index contributed by atoms with van der Waals surface area (Å²) in [5, 5.41) is 5.98. The zero-order valence-corrected chi connectivity index (χ0v) is 16.3. The standard InChI is InChI=1S/C18H21ClN4OS/c1-5-15-10-16(24)23-17(20-15)25-18(21-23)22(4)12(3)11(2)13-6-8-14(19)9-7-13/h6-12H,5H2,1-4H3. The molecule has 0 N–H and O–H groups in total. The lowest BCUT2D eigenvalue weighted by molar-refractivity contribution is 0.576. The molecule has 0 spiro atoms. The lowest BCUT2D eigenvalue weighted by Gasteiger charge is -2.29. The van der Waals surface area contributed by atoms with Crippen LogP contribution in [0, 0.1) is 0 Å². The number of aromatic nitrogens is 3. The Morgan fingerprint density at radius 2 is 1.96 bits per heavy atom. The minimum atomic E-state index is -0.129. The molecule has 0 fully saturated rings. The highest BCUT2D eigenvalue weighted by atomic mass is 35.5. The number of aryl methyl sites for hydroxylation is 1.